The summed E-state index contributed by atoms with van der Waals surface area (Å²) in [5.74, 6) is 1.37. The van der Waals surface area contributed by atoms with Crippen LogP contribution in [0.2, 0.25) is 0 Å². The topological polar surface area (TPSA) is 29.5 Å². The minimum absolute atomic E-state index is 0.128. The highest BCUT2D eigenvalue weighted by molar-refractivity contribution is 5.83. The van der Waals surface area contributed by atoms with Crippen molar-refractivity contribution in [3.8, 4) is 5.75 Å². The second-order valence-corrected chi connectivity index (χ2v) is 5.83. The van der Waals surface area contributed by atoms with Gasteiger partial charge in [0.25, 0.3) is 0 Å². The van der Waals surface area contributed by atoms with E-state index in [4.69, 9.17) is 4.74 Å². The summed E-state index contributed by atoms with van der Waals surface area (Å²) in [5, 5.41) is 0. The summed E-state index contributed by atoms with van der Waals surface area (Å²) in [6.07, 6.45) is 0.646. The van der Waals surface area contributed by atoms with Gasteiger partial charge in [0.05, 0.1) is 0 Å². The Bertz CT molecular complexity index is 622. The fourth-order valence-electron chi connectivity index (χ4n) is 2.74. The maximum Gasteiger partial charge on any atom is 0.139 e. The number of rotatable bonds is 4. The molecule has 1 aliphatic heterocycles. The number of piperidine rings is 1. The van der Waals surface area contributed by atoms with Gasteiger partial charge in [0.1, 0.15) is 18.1 Å². The molecule has 3 nitrogen and oxygen atoms in total. The Morgan fingerprint density at radius 1 is 1.09 bits per heavy atom. The van der Waals surface area contributed by atoms with Crippen molar-refractivity contribution < 1.29 is 9.53 Å². The molecule has 0 spiro atoms. The van der Waals surface area contributed by atoms with Gasteiger partial charge in [-0.25, -0.2) is 0 Å². The van der Waals surface area contributed by atoms with Gasteiger partial charge in [-0.1, -0.05) is 37.3 Å². The van der Waals surface area contributed by atoms with E-state index in [9.17, 15) is 4.79 Å². The minimum Gasteiger partial charge on any atom is -0.489 e. The molecular weight excluding hydrogens is 274 g/mol. The van der Waals surface area contributed by atoms with E-state index in [1.807, 2.05) is 37.3 Å². The zero-order valence-electron chi connectivity index (χ0n) is 12.9. The molecule has 0 N–H and O–H groups in total. The lowest BCUT2D eigenvalue weighted by atomic mass is 9.98. The van der Waals surface area contributed by atoms with Gasteiger partial charge in [-0.2, -0.15) is 0 Å². The third kappa shape index (κ3) is 3.48. The van der Waals surface area contributed by atoms with Gasteiger partial charge < -0.3 is 9.64 Å². The van der Waals surface area contributed by atoms with E-state index in [0.29, 0.717) is 18.8 Å². The molecule has 3 heteroatoms. The second kappa shape index (κ2) is 6.65. The lowest BCUT2D eigenvalue weighted by Crippen LogP contribution is -2.39. The van der Waals surface area contributed by atoms with E-state index in [1.165, 1.54) is 0 Å². The summed E-state index contributed by atoms with van der Waals surface area (Å²) in [5.41, 5.74) is 2.32. The van der Waals surface area contributed by atoms with Gasteiger partial charge in [0.15, 0.2) is 0 Å². The molecule has 0 saturated carbocycles. The summed E-state index contributed by atoms with van der Waals surface area (Å²) >= 11 is 0. The molecule has 0 bridgehead atoms. The first-order valence-corrected chi connectivity index (χ1v) is 7.77. The molecule has 0 radical (unpaired) electrons. The quantitative estimate of drug-likeness (QED) is 0.861. The third-order valence-electron chi connectivity index (χ3n) is 4.12. The van der Waals surface area contributed by atoms with E-state index in [1.54, 1.807) is 0 Å². The maximum atomic E-state index is 11.6. The number of nitrogens with zero attached hydrogens (tertiary/aromatic N) is 1. The molecule has 1 atom stereocenters. The monoisotopic (exact) mass is 295 g/mol. The maximum absolute atomic E-state index is 11.6. The van der Waals surface area contributed by atoms with Crippen LogP contribution in [0.3, 0.4) is 0 Å². The smallest absolute Gasteiger partial charge is 0.139 e. The van der Waals surface area contributed by atoms with Crippen molar-refractivity contribution in [2.45, 2.75) is 20.0 Å². The molecule has 1 aliphatic rings. The molecule has 1 saturated heterocycles. The third-order valence-corrected chi connectivity index (χ3v) is 4.12. The fourth-order valence-corrected chi connectivity index (χ4v) is 2.74. The molecule has 2 aromatic rings. The molecular formula is C19H21NO2. The van der Waals surface area contributed by atoms with Crippen molar-refractivity contribution in [1.82, 2.24) is 0 Å². The summed E-state index contributed by atoms with van der Waals surface area (Å²) < 4.78 is 5.80. The SMILES string of the molecule is CC1CN(c2ccc(OCc3ccccc3)cc2)CCC1=O. The van der Waals surface area contributed by atoms with E-state index < -0.39 is 0 Å². The Morgan fingerprint density at radius 3 is 2.50 bits per heavy atom. The number of carbonyl (C=O) groups is 1. The zero-order chi connectivity index (χ0) is 15.4. The van der Waals surface area contributed by atoms with Crippen LogP contribution in [0.1, 0.15) is 18.9 Å². The molecule has 2 aromatic carbocycles. The molecule has 114 valence electrons. The van der Waals surface area contributed by atoms with Gasteiger partial charge >= 0.3 is 0 Å². The van der Waals surface area contributed by atoms with Crippen molar-refractivity contribution in [2.24, 2.45) is 5.92 Å². The minimum atomic E-state index is 0.128. The van der Waals surface area contributed by atoms with Crippen molar-refractivity contribution >= 4 is 11.5 Å². The van der Waals surface area contributed by atoms with Crippen molar-refractivity contribution in [3.63, 3.8) is 0 Å². The number of Topliss-reactive ketones (excluding diaryl/α,β-unsaturated/α-hetero) is 1. The number of benzene rings is 2. The van der Waals surface area contributed by atoms with E-state index in [-0.39, 0.29) is 5.92 Å². The Kier molecular flexibility index (Phi) is 4.42. The van der Waals surface area contributed by atoms with E-state index in [2.05, 4.69) is 29.2 Å². The summed E-state index contributed by atoms with van der Waals surface area (Å²) in [4.78, 5) is 13.9. The van der Waals surface area contributed by atoms with Crippen molar-refractivity contribution in [3.05, 3.63) is 60.2 Å². The predicted octanol–water partition coefficient (Wildman–Crippen LogP) is 3.68. The number of hydrogen-bond donors (Lipinski definition) is 0. The van der Waals surface area contributed by atoms with Gasteiger partial charge in [-0.15, -0.1) is 0 Å². The average Bonchev–Trinajstić information content (AvgIpc) is 2.57. The van der Waals surface area contributed by atoms with Gasteiger partial charge in [-0.05, 0) is 29.8 Å². The largest absolute Gasteiger partial charge is 0.489 e. The summed E-state index contributed by atoms with van der Waals surface area (Å²) in [6, 6.07) is 18.3. The van der Waals surface area contributed by atoms with Crippen LogP contribution in [0.15, 0.2) is 54.6 Å². The van der Waals surface area contributed by atoms with Crippen molar-refractivity contribution in [1.29, 1.82) is 0 Å². The van der Waals surface area contributed by atoms with Gasteiger partial charge in [0, 0.05) is 31.1 Å². The Hall–Kier alpha value is -2.29. The van der Waals surface area contributed by atoms with Crippen LogP contribution in [-0.4, -0.2) is 18.9 Å². The molecule has 1 unspecified atom stereocenters. The van der Waals surface area contributed by atoms with Crippen LogP contribution in [0.5, 0.6) is 5.75 Å². The Balaban J connectivity index is 1.59. The molecule has 3 rings (SSSR count). The molecule has 1 heterocycles. The zero-order valence-corrected chi connectivity index (χ0v) is 12.9. The molecule has 22 heavy (non-hydrogen) atoms. The number of ether oxygens (including phenoxy) is 1. The van der Waals surface area contributed by atoms with E-state index in [0.717, 1.165) is 30.1 Å². The highest BCUT2D eigenvalue weighted by Crippen LogP contribution is 2.24. The van der Waals surface area contributed by atoms with Crippen LogP contribution < -0.4 is 9.64 Å². The van der Waals surface area contributed by atoms with Gasteiger partial charge in [-0.3, -0.25) is 4.79 Å². The highest BCUT2D eigenvalue weighted by Gasteiger charge is 2.23. The first-order valence-electron chi connectivity index (χ1n) is 7.77. The predicted molar refractivity (Wildman–Crippen MR) is 88.2 cm³/mol. The van der Waals surface area contributed by atoms with Crippen molar-refractivity contribution in [2.75, 3.05) is 18.0 Å². The summed E-state index contributed by atoms with van der Waals surface area (Å²) in [7, 11) is 0. The van der Waals surface area contributed by atoms with E-state index >= 15 is 0 Å². The normalized spacial score (nSPS) is 18.3. The Morgan fingerprint density at radius 2 is 1.82 bits per heavy atom. The van der Waals surface area contributed by atoms with Crippen LogP contribution in [0.4, 0.5) is 5.69 Å². The molecule has 0 amide bonds. The number of anilines is 1. The van der Waals surface area contributed by atoms with Crippen LogP contribution in [0, 0.1) is 5.92 Å². The first-order chi connectivity index (χ1) is 10.7. The number of hydrogen-bond acceptors (Lipinski definition) is 3. The fraction of sp³-hybridized carbons (Fsp3) is 0.316. The lowest BCUT2D eigenvalue weighted by Gasteiger charge is -2.32. The lowest BCUT2D eigenvalue weighted by molar-refractivity contribution is -0.122. The highest BCUT2D eigenvalue weighted by atomic mass is 16.5. The number of ketones is 1. The van der Waals surface area contributed by atoms with Crippen LogP contribution in [0.25, 0.3) is 0 Å². The average molecular weight is 295 g/mol. The summed E-state index contributed by atoms with van der Waals surface area (Å²) in [6.45, 7) is 4.21. The number of carbonyl (C=O) groups excluding carboxylic acids is 1. The van der Waals surface area contributed by atoms with Gasteiger partial charge in [0.2, 0.25) is 0 Å². The van der Waals surface area contributed by atoms with Crippen LogP contribution in [-0.2, 0) is 11.4 Å². The van der Waals surface area contributed by atoms with Crippen LogP contribution >= 0.6 is 0 Å². The molecule has 0 aliphatic carbocycles. The second-order valence-electron chi connectivity index (χ2n) is 5.83. The Labute approximate surface area is 131 Å². The molecule has 1 fully saturated rings. The first kappa shape index (κ1) is 14.6. The standard InChI is InChI=1S/C19H21NO2/c1-15-13-20(12-11-19(15)21)17-7-9-18(10-8-17)22-14-16-5-3-2-4-6-16/h2-10,15H,11-14H2,1H3. The molecule has 0 aromatic heterocycles.